The largest absolute Gasteiger partial charge is 0.395 e. The molecule has 1 saturated heterocycles. The van der Waals surface area contributed by atoms with E-state index in [1.807, 2.05) is 0 Å². The van der Waals surface area contributed by atoms with Crippen LogP contribution in [0.25, 0.3) is 0 Å². The predicted molar refractivity (Wildman–Crippen MR) is 70.7 cm³/mol. The minimum Gasteiger partial charge on any atom is -0.395 e. The molecule has 0 spiro atoms. The van der Waals surface area contributed by atoms with E-state index in [4.69, 9.17) is 5.73 Å². The molecule has 1 aliphatic carbocycles. The van der Waals surface area contributed by atoms with Gasteiger partial charge in [0.15, 0.2) is 5.69 Å². The zero-order valence-electron chi connectivity index (χ0n) is 11.1. The molecule has 19 heavy (non-hydrogen) atoms. The van der Waals surface area contributed by atoms with Crippen LogP contribution in [0, 0.1) is 5.92 Å². The summed E-state index contributed by atoms with van der Waals surface area (Å²) in [4.78, 5) is 14.2. The lowest BCUT2D eigenvalue weighted by molar-refractivity contribution is 0.0643. The second kappa shape index (κ2) is 4.52. The number of H-pyrrole nitrogens is 1. The molecule has 2 atom stereocenters. The number of carbonyl (C=O) groups excluding carboxylic acids is 1. The number of anilines is 1. The molecule has 1 amide bonds. The molecule has 4 N–H and O–H groups in total. The van der Waals surface area contributed by atoms with Gasteiger partial charge in [-0.1, -0.05) is 6.92 Å². The molecule has 2 heterocycles. The maximum Gasteiger partial charge on any atom is 0.276 e. The lowest BCUT2D eigenvalue weighted by Gasteiger charge is -2.24. The zero-order valence-corrected chi connectivity index (χ0v) is 11.1. The van der Waals surface area contributed by atoms with E-state index in [0.717, 1.165) is 25.0 Å². The van der Waals surface area contributed by atoms with Crippen LogP contribution in [0.2, 0.25) is 0 Å². The van der Waals surface area contributed by atoms with E-state index >= 15 is 0 Å². The highest BCUT2D eigenvalue weighted by atomic mass is 16.3. The fourth-order valence-electron chi connectivity index (χ4n) is 2.89. The minimum absolute atomic E-state index is 0.00723. The molecule has 3 rings (SSSR count). The number of aliphatic hydroxyl groups excluding tert-OH is 1. The number of nitrogens with zero attached hydrogens (tertiary/aromatic N) is 2. The van der Waals surface area contributed by atoms with E-state index in [-0.39, 0.29) is 18.6 Å². The number of carbonyl (C=O) groups is 1. The number of rotatable bonds is 3. The van der Waals surface area contributed by atoms with Crippen molar-refractivity contribution in [2.75, 3.05) is 18.9 Å². The van der Waals surface area contributed by atoms with E-state index in [2.05, 4.69) is 17.1 Å². The number of aromatic nitrogens is 2. The van der Waals surface area contributed by atoms with Gasteiger partial charge in [0.1, 0.15) is 0 Å². The first-order valence-electron chi connectivity index (χ1n) is 6.89. The highest BCUT2D eigenvalue weighted by molar-refractivity contribution is 5.98. The lowest BCUT2D eigenvalue weighted by Crippen LogP contribution is -2.40. The van der Waals surface area contributed by atoms with Gasteiger partial charge in [0.05, 0.1) is 24.0 Å². The van der Waals surface area contributed by atoms with Gasteiger partial charge in [-0.3, -0.25) is 9.89 Å². The summed E-state index contributed by atoms with van der Waals surface area (Å²) < 4.78 is 0. The van der Waals surface area contributed by atoms with Gasteiger partial charge in [-0.05, 0) is 25.2 Å². The zero-order chi connectivity index (χ0) is 13.6. The number of amides is 1. The molecular formula is C13H20N4O2. The van der Waals surface area contributed by atoms with Gasteiger partial charge in [-0.25, -0.2) is 0 Å². The van der Waals surface area contributed by atoms with E-state index in [1.54, 1.807) is 4.90 Å². The molecule has 6 nitrogen and oxygen atoms in total. The molecule has 1 aromatic rings. The fraction of sp³-hybridized carbons (Fsp3) is 0.692. The van der Waals surface area contributed by atoms with E-state index in [1.165, 1.54) is 0 Å². The van der Waals surface area contributed by atoms with Crippen LogP contribution in [0.1, 0.15) is 48.3 Å². The van der Waals surface area contributed by atoms with E-state index in [0.29, 0.717) is 29.8 Å². The van der Waals surface area contributed by atoms with Crippen molar-refractivity contribution in [3.63, 3.8) is 0 Å². The number of hydrogen-bond donors (Lipinski definition) is 3. The molecule has 104 valence electrons. The van der Waals surface area contributed by atoms with Crippen molar-refractivity contribution in [3.8, 4) is 0 Å². The number of aliphatic hydroxyl groups is 1. The van der Waals surface area contributed by atoms with Crippen LogP contribution in [-0.4, -0.2) is 45.3 Å². The van der Waals surface area contributed by atoms with Gasteiger partial charge in [0.25, 0.3) is 5.91 Å². The number of nitrogen functional groups attached to an aromatic ring is 1. The summed E-state index contributed by atoms with van der Waals surface area (Å²) in [6.07, 6.45) is 3.14. The second-order valence-corrected chi connectivity index (χ2v) is 5.69. The van der Waals surface area contributed by atoms with Crippen molar-refractivity contribution < 1.29 is 9.90 Å². The van der Waals surface area contributed by atoms with E-state index < -0.39 is 0 Å². The van der Waals surface area contributed by atoms with Crippen LogP contribution in [0.3, 0.4) is 0 Å². The van der Waals surface area contributed by atoms with Crippen LogP contribution in [0.5, 0.6) is 0 Å². The topological polar surface area (TPSA) is 95.2 Å². The Hall–Kier alpha value is -1.56. The molecular weight excluding hydrogens is 244 g/mol. The standard InChI is InChI=1S/C13H20N4O2/c1-7-4-5-17(9(7)6-18)13(19)12-10(14)11(15-16-12)8-2-3-8/h7-9,18H,2-6,14H2,1H3,(H,15,16). The molecule has 6 heteroatoms. The third-order valence-corrected chi connectivity index (χ3v) is 4.35. The summed E-state index contributed by atoms with van der Waals surface area (Å²) in [5.74, 6) is 0.598. The van der Waals surface area contributed by atoms with Crippen molar-refractivity contribution in [1.82, 2.24) is 15.1 Å². The van der Waals surface area contributed by atoms with Crippen LogP contribution >= 0.6 is 0 Å². The van der Waals surface area contributed by atoms with Crippen molar-refractivity contribution in [3.05, 3.63) is 11.4 Å². The van der Waals surface area contributed by atoms with Crippen molar-refractivity contribution in [2.45, 2.75) is 38.1 Å². The van der Waals surface area contributed by atoms with Gasteiger partial charge >= 0.3 is 0 Å². The fourth-order valence-corrected chi connectivity index (χ4v) is 2.89. The van der Waals surface area contributed by atoms with Gasteiger partial charge in [-0.2, -0.15) is 5.10 Å². The first-order chi connectivity index (χ1) is 9.13. The summed E-state index contributed by atoms with van der Waals surface area (Å²) in [6.45, 7) is 2.71. The Kier molecular flexibility index (Phi) is 2.97. The number of likely N-dealkylation sites (tertiary alicyclic amines) is 1. The molecule has 0 bridgehead atoms. The number of hydrogen-bond acceptors (Lipinski definition) is 4. The Labute approximate surface area is 112 Å². The Morgan fingerprint density at radius 2 is 2.26 bits per heavy atom. The lowest BCUT2D eigenvalue weighted by atomic mass is 10.0. The normalized spacial score (nSPS) is 26.9. The minimum atomic E-state index is -0.163. The van der Waals surface area contributed by atoms with Crippen LogP contribution < -0.4 is 5.73 Å². The average molecular weight is 264 g/mol. The summed E-state index contributed by atoms with van der Waals surface area (Å²) >= 11 is 0. The summed E-state index contributed by atoms with van der Waals surface area (Å²) in [5.41, 5.74) is 7.73. The second-order valence-electron chi connectivity index (χ2n) is 5.69. The van der Waals surface area contributed by atoms with Crippen molar-refractivity contribution in [2.24, 2.45) is 5.92 Å². The summed E-state index contributed by atoms with van der Waals surface area (Å²) in [5, 5.41) is 16.4. The molecule has 1 aliphatic heterocycles. The Morgan fingerprint density at radius 1 is 1.53 bits per heavy atom. The summed E-state index contributed by atoms with van der Waals surface area (Å²) in [6, 6.07) is -0.118. The van der Waals surface area contributed by atoms with Crippen molar-refractivity contribution >= 4 is 11.6 Å². The summed E-state index contributed by atoms with van der Waals surface area (Å²) in [7, 11) is 0. The SMILES string of the molecule is CC1CCN(C(=O)c2n[nH]c(C3CC3)c2N)C1CO. The number of nitrogens with one attached hydrogen (secondary N) is 1. The molecule has 2 fully saturated rings. The predicted octanol–water partition coefficient (Wildman–Crippen LogP) is 0.712. The number of nitrogens with two attached hydrogens (primary N) is 1. The molecule has 0 aromatic carbocycles. The highest BCUT2D eigenvalue weighted by Crippen LogP contribution is 2.42. The van der Waals surface area contributed by atoms with Gasteiger partial charge < -0.3 is 15.7 Å². The average Bonchev–Trinajstić information content (AvgIpc) is 3.06. The molecule has 0 radical (unpaired) electrons. The molecule has 1 aromatic heterocycles. The third kappa shape index (κ3) is 2.00. The quantitative estimate of drug-likeness (QED) is 0.749. The maximum atomic E-state index is 12.5. The first kappa shape index (κ1) is 12.5. The van der Waals surface area contributed by atoms with E-state index in [9.17, 15) is 9.90 Å². The van der Waals surface area contributed by atoms with Gasteiger partial charge in [-0.15, -0.1) is 0 Å². The highest BCUT2D eigenvalue weighted by Gasteiger charge is 2.37. The van der Waals surface area contributed by atoms with Gasteiger partial charge in [0.2, 0.25) is 0 Å². The molecule has 2 unspecified atom stereocenters. The van der Waals surface area contributed by atoms with Crippen molar-refractivity contribution in [1.29, 1.82) is 0 Å². The Balaban J connectivity index is 1.83. The monoisotopic (exact) mass is 264 g/mol. The van der Waals surface area contributed by atoms with Gasteiger partial charge in [0, 0.05) is 12.5 Å². The number of aromatic amines is 1. The third-order valence-electron chi connectivity index (χ3n) is 4.35. The Morgan fingerprint density at radius 3 is 2.89 bits per heavy atom. The maximum absolute atomic E-state index is 12.5. The molecule has 2 aliphatic rings. The Bertz CT molecular complexity index is 495. The molecule has 1 saturated carbocycles. The smallest absolute Gasteiger partial charge is 0.276 e. The first-order valence-corrected chi connectivity index (χ1v) is 6.89. The van der Waals surface area contributed by atoms with Crippen LogP contribution in [0.15, 0.2) is 0 Å². The van der Waals surface area contributed by atoms with Crippen LogP contribution in [0.4, 0.5) is 5.69 Å². The van der Waals surface area contributed by atoms with Crippen LogP contribution in [-0.2, 0) is 0 Å².